The molecular formula is C16H10ClFN8O. The highest BCUT2D eigenvalue weighted by Gasteiger charge is 2.16. The third kappa shape index (κ3) is 3.51. The van der Waals surface area contributed by atoms with E-state index in [1.807, 2.05) is 0 Å². The van der Waals surface area contributed by atoms with Gasteiger partial charge in [0.05, 0.1) is 10.7 Å². The second kappa shape index (κ2) is 6.92. The molecule has 0 aliphatic rings. The normalized spacial score (nSPS) is 10.7. The summed E-state index contributed by atoms with van der Waals surface area (Å²) in [5, 5.41) is 6.49. The van der Waals surface area contributed by atoms with E-state index in [1.54, 1.807) is 30.5 Å². The molecule has 0 radical (unpaired) electrons. The van der Waals surface area contributed by atoms with Crippen LogP contribution in [-0.2, 0) is 0 Å². The van der Waals surface area contributed by atoms with Gasteiger partial charge in [0, 0.05) is 6.20 Å². The molecule has 4 aromatic rings. The van der Waals surface area contributed by atoms with Gasteiger partial charge in [-0.3, -0.25) is 4.98 Å². The number of hydrogen-bond donors (Lipinski definition) is 2. The molecule has 0 saturated heterocycles. The number of aromatic nitrogens is 6. The predicted molar refractivity (Wildman–Crippen MR) is 95.5 cm³/mol. The number of nitrogen functional groups attached to an aromatic ring is 1. The Balaban J connectivity index is 1.67. The molecule has 0 amide bonds. The summed E-state index contributed by atoms with van der Waals surface area (Å²) in [5.41, 5.74) is 6.30. The zero-order valence-corrected chi connectivity index (χ0v) is 14.2. The first kappa shape index (κ1) is 16.8. The number of rotatable bonds is 4. The summed E-state index contributed by atoms with van der Waals surface area (Å²) >= 11 is 5.77. The SMILES string of the molecule is Nc1nc(Nc2cccc(Cl)c2F)nc(-c2noc(-c3ccccn3)n2)n1. The van der Waals surface area contributed by atoms with Gasteiger partial charge in [-0.2, -0.15) is 19.9 Å². The molecule has 0 aliphatic heterocycles. The van der Waals surface area contributed by atoms with Gasteiger partial charge >= 0.3 is 0 Å². The average molecular weight is 385 g/mol. The van der Waals surface area contributed by atoms with Gasteiger partial charge in [0.2, 0.25) is 23.5 Å². The molecule has 0 saturated carbocycles. The minimum Gasteiger partial charge on any atom is -0.368 e. The molecule has 3 heterocycles. The average Bonchev–Trinajstić information content (AvgIpc) is 3.16. The van der Waals surface area contributed by atoms with E-state index >= 15 is 0 Å². The molecule has 0 unspecified atom stereocenters. The van der Waals surface area contributed by atoms with E-state index in [4.69, 9.17) is 21.9 Å². The zero-order chi connectivity index (χ0) is 18.8. The fraction of sp³-hybridized carbons (Fsp3) is 0. The monoisotopic (exact) mass is 384 g/mol. The lowest BCUT2D eigenvalue weighted by Gasteiger charge is -2.07. The summed E-state index contributed by atoms with van der Waals surface area (Å²) in [4.78, 5) is 20.4. The summed E-state index contributed by atoms with van der Waals surface area (Å²) in [7, 11) is 0. The highest BCUT2D eigenvalue weighted by atomic mass is 35.5. The highest BCUT2D eigenvalue weighted by Crippen LogP contribution is 2.25. The van der Waals surface area contributed by atoms with Crippen LogP contribution in [0.1, 0.15) is 0 Å². The molecule has 3 aromatic heterocycles. The first-order valence-corrected chi connectivity index (χ1v) is 7.96. The predicted octanol–water partition coefficient (Wildman–Crippen LogP) is 3.10. The molecule has 0 aliphatic carbocycles. The molecular weight excluding hydrogens is 375 g/mol. The van der Waals surface area contributed by atoms with Crippen LogP contribution in [0.3, 0.4) is 0 Å². The quantitative estimate of drug-likeness (QED) is 0.545. The van der Waals surface area contributed by atoms with Crippen LogP contribution in [0, 0.1) is 5.82 Å². The van der Waals surface area contributed by atoms with Gasteiger partial charge in [-0.15, -0.1) is 0 Å². The smallest absolute Gasteiger partial charge is 0.276 e. The molecule has 0 spiro atoms. The van der Waals surface area contributed by atoms with Crippen LogP contribution in [-0.4, -0.2) is 30.1 Å². The zero-order valence-electron chi connectivity index (χ0n) is 13.5. The second-order valence-corrected chi connectivity index (χ2v) is 5.61. The number of pyridine rings is 1. The van der Waals surface area contributed by atoms with Gasteiger partial charge in [0.15, 0.2) is 5.82 Å². The summed E-state index contributed by atoms with van der Waals surface area (Å²) in [5.74, 6) is -0.411. The van der Waals surface area contributed by atoms with E-state index in [9.17, 15) is 4.39 Å². The first-order chi connectivity index (χ1) is 13.1. The Morgan fingerprint density at radius 1 is 1.00 bits per heavy atom. The van der Waals surface area contributed by atoms with Gasteiger partial charge in [0.25, 0.3) is 5.89 Å². The van der Waals surface area contributed by atoms with Crippen molar-refractivity contribution in [2.75, 3.05) is 11.1 Å². The van der Waals surface area contributed by atoms with Crippen molar-refractivity contribution in [1.82, 2.24) is 30.1 Å². The minimum atomic E-state index is -0.642. The van der Waals surface area contributed by atoms with Gasteiger partial charge in [-0.25, -0.2) is 4.39 Å². The van der Waals surface area contributed by atoms with Crippen LogP contribution < -0.4 is 11.1 Å². The molecule has 27 heavy (non-hydrogen) atoms. The number of benzene rings is 1. The standard InChI is InChI=1S/C16H10ClFN8O/c17-8-4-3-6-9(11(8)18)21-16-24-12(23-15(19)25-16)13-22-14(27-26-13)10-5-1-2-7-20-10/h1-7H,(H3,19,21,23,24,25). The van der Waals surface area contributed by atoms with E-state index < -0.39 is 5.82 Å². The molecule has 0 fully saturated rings. The van der Waals surface area contributed by atoms with E-state index in [0.717, 1.165) is 0 Å². The first-order valence-electron chi connectivity index (χ1n) is 7.58. The largest absolute Gasteiger partial charge is 0.368 e. The van der Waals surface area contributed by atoms with E-state index in [2.05, 4.69) is 35.4 Å². The minimum absolute atomic E-state index is 0.00264. The van der Waals surface area contributed by atoms with Crippen LogP contribution >= 0.6 is 11.6 Å². The van der Waals surface area contributed by atoms with E-state index in [1.165, 1.54) is 12.1 Å². The Bertz CT molecular complexity index is 1100. The van der Waals surface area contributed by atoms with Gasteiger partial charge in [0.1, 0.15) is 5.69 Å². The Kier molecular flexibility index (Phi) is 4.30. The Labute approximate surface area is 156 Å². The third-order valence-corrected chi connectivity index (χ3v) is 3.65. The van der Waals surface area contributed by atoms with Crippen molar-refractivity contribution in [3.8, 4) is 23.2 Å². The maximum atomic E-state index is 14.1. The Morgan fingerprint density at radius 2 is 1.89 bits per heavy atom. The van der Waals surface area contributed by atoms with Crippen LogP contribution in [0.25, 0.3) is 23.2 Å². The van der Waals surface area contributed by atoms with Crippen molar-refractivity contribution < 1.29 is 8.91 Å². The van der Waals surface area contributed by atoms with Crippen molar-refractivity contribution >= 4 is 29.2 Å². The highest BCUT2D eigenvalue weighted by molar-refractivity contribution is 6.31. The van der Waals surface area contributed by atoms with Crippen molar-refractivity contribution in [2.24, 2.45) is 0 Å². The van der Waals surface area contributed by atoms with E-state index in [-0.39, 0.29) is 40.1 Å². The Morgan fingerprint density at radius 3 is 2.70 bits per heavy atom. The van der Waals surface area contributed by atoms with Crippen molar-refractivity contribution in [2.45, 2.75) is 0 Å². The van der Waals surface area contributed by atoms with Gasteiger partial charge in [-0.05, 0) is 24.3 Å². The molecule has 0 atom stereocenters. The fourth-order valence-corrected chi connectivity index (χ4v) is 2.35. The number of halogens is 2. The molecule has 1 aromatic carbocycles. The molecule has 11 heteroatoms. The van der Waals surface area contributed by atoms with Crippen LogP contribution in [0.2, 0.25) is 5.02 Å². The molecule has 4 rings (SSSR count). The topological polar surface area (TPSA) is 129 Å². The number of hydrogen-bond acceptors (Lipinski definition) is 9. The van der Waals surface area contributed by atoms with E-state index in [0.29, 0.717) is 5.69 Å². The second-order valence-electron chi connectivity index (χ2n) is 5.21. The van der Waals surface area contributed by atoms with Crippen molar-refractivity contribution in [3.05, 3.63) is 53.4 Å². The van der Waals surface area contributed by atoms with Crippen LogP contribution in [0.4, 0.5) is 22.0 Å². The molecule has 134 valence electrons. The Hall–Kier alpha value is -3.66. The number of nitrogens with two attached hydrogens (primary N) is 1. The van der Waals surface area contributed by atoms with Gasteiger partial charge < -0.3 is 15.6 Å². The number of anilines is 3. The van der Waals surface area contributed by atoms with Crippen molar-refractivity contribution in [3.63, 3.8) is 0 Å². The molecule has 3 N–H and O–H groups in total. The van der Waals surface area contributed by atoms with Crippen LogP contribution in [0.5, 0.6) is 0 Å². The maximum absolute atomic E-state index is 14.1. The lowest BCUT2D eigenvalue weighted by molar-refractivity contribution is 0.430. The third-order valence-electron chi connectivity index (χ3n) is 3.36. The molecule has 0 bridgehead atoms. The lowest BCUT2D eigenvalue weighted by Crippen LogP contribution is -2.06. The number of nitrogens with zero attached hydrogens (tertiary/aromatic N) is 6. The lowest BCUT2D eigenvalue weighted by atomic mass is 10.3. The summed E-state index contributed by atoms with van der Waals surface area (Å²) in [6, 6.07) is 9.75. The summed E-state index contributed by atoms with van der Waals surface area (Å²) in [6.07, 6.45) is 1.60. The van der Waals surface area contributed by atoms with Crippen LogP contribution in [0.15, 0.2) is 47.1 Å². The number of nitrogens with one attached hydrogen (secondary N) is 1. The van der Waals surface area contributed by atoms with Crippen molar-refractivity contribution in [1.29, 1.82) is 0 Å². The maximum Gasteiger partial charge on any atom is 0.276 e. The van der Waals surface area contributed by atoms with Gasteiger partial charge in [-0.1, -0.05) is 28.9 Å². The fourth-order valence-electron chi connectivity index (χ4n) is 2.18. The molecule has 9 nitrogen and oxygen atoms in total. The summed E-state index contributed by atoms with van der Waals surface area (Å²) < 4.78 is 19.2. The summed E-state index contributed by atoms with van der Waals surface area (Å²) in [6.45, 7) is 0.